The highest BCUT2D eigenvalue weighted by Gasteiger charge is 2.30. The van der Waals surface area contributed by atoms with Gasteiger partial charge in [0, 0.05) is 47.2 Å². The summed E-state index contributed by atoms with van der Waals surface area (Å²) in [6.07, 6.45) is 30.7. The number of carboxylic acid groups (broad SMARTS) is 2. The van der Waals surface area contributed by atoms with E-state index in [1.54, 1.807) is 88.2 Å². The average Bonchev–Trinajstić information content (AvgIpc) is 1.66. The normalized spacial score (nSPS) is 12.9. The van der Waals surface area contributed by atoms with Gasteiger partial charge in [-0.2, -0.15) is 0 Å². The highest BCUT2D eigenvalue weighted by molar-refractivity contribution is 6.43. The summed E-state index contributed by atoms with van der Waals surface area (Å²) in [5, 5.41) is 22.2. The Balaban J connectivity index is 0.000000140. The Morgan fingerprint density at radius 3 is 0.870 bits per heavy atom. The summed E-state index contributed by atoms with van der Waals surface area (Å²) in [7, 11) is 2.79. The Bertz CT molecular complexity index is 6960. The van der Waals surface area contributed by atoms with E-state index < -0.39 is 36.1 Å². The molecule has 0 spiro atoms. The van der Waals surface area contributed by atoms with Gasteiger partial charge in [0.15, 0.2) is 0 Å². The van der Waals surface area contributed by atoms with Crippen LogP contribution in [-0.2, 0) is 106 Å². The number of pyridine rings is 6. The lowest BCUT2D eigenvalue weighted by molar-refractivity contribution is -0.161. The summed E-state index contributed by atoms with van der Waals surface area (Å²) < 4.78 is 25.0. The first-order valence-electron chi connectivity index (χ1n) is 44.7. The Kier molecular flexibility index (Phi) is 34.2. The van der Waals surface area contributed by atoms with Gasteiger partial charge < -0.3 is 33.9 Å². The number of hydrogen-bond donors (Lipinski definition) is 2. The number of methoxy groups -OCH3 is 2. The van der Waals surface area contributed by atoms with Crippen molar-refractivity contribution in [3.8, 4) is 0 Å². The van der Waals surface area contributed by atoms with Gasteiger partial charge in [-0.15, -0.1) is 0 Å². The number of allylic oxidation sites excluding steroid dienone is 6. The first-order valence-corrected chi connectivity index (χ1v) is 46.9. The van der Waals surface area contributed by atoms with Crippen molar-refractivity contribution in [1.82, 2.24) is 29.9 Å². The van der Waals surface area contributed by atoms with Crippen molar-refractivity contribution in [2.75, 3.05) is 27.6 Å². The van der Waals surface area contributed by atoms with Crippen LogP contribution in [0.4, 0.5) is 0 Å². The van der Waals surface area contributed by atoms with Gasteiger partial charge in [-0.05, 0) is 332 Å². The van der Waals surface area contributed by atoms with Crippen molar-refractivity contribution in [2.45, 2.75) is 146 Å². The van der Waals surface area contributed by atoms with Crippen LogP contribution in [0.1, 0.15) is 224 Å². The van der Waals surface area contributed by atoms with Gasteiger partial charge in [0.1, 0.15) is 0 Å². The van der Waals surface area contributed by atoms with E-state index >= 15 is 0 Å². The largest absolute Gasteiger partial charge is 0.478 e. The molecule has 6 heterocycles. The van der Waals surface area contributed by atoms with Crippen molar-refractivity contribution in [1.29, 1.82) is 0 Å². The van der Waals surface area contributed by atoms with Gasteiger partial charge in [0.2, 0.25) is 6.79 Å². The van der Waals surface area contributed by atoms with Gasteiger partial charge >= 0.3 is 41.8 Å². The lowest BCUT2D eigenvalue weighted by Crippen LogP contribution is -2.25. The Morgan fingerprint density at radius 2 is 0.594 bits per heavy atom. The molecule has 0 radical (unpaired) electrons. The summed E-state index contributed by atoms with van der Waals surface area (Å²) in [4.78, 5) is 109. The minimum absolute atomic E-state index is 0.275. The molecule has 706 valence electrons. The number of nitrogens with zero attached hydrogens (tertiary/aromatic N) is 6. The SMILES string of the molecule is CCOC(=O)c1ccnc2c1CC(Cc1ccc(Cl)c(C)c1)=C2.COC(=O)c1ccnc2c1CC(Cc1cc(C)c(Cl)c(Cl)c1)=C2.COC(=O)c1ccnc2c1CC(Cc1cccc(C)c1)=C2.Cc1cc(CC2=Cc3nccc(C(=O)O)c3C2)cc(Cl)c1Cl.Cc1cc(CC2=Cc3nccc(C(=O)OCOC(=O)C(C)(C)C)c3C2)ccc1Cl.Cc1cccc(CC2=Cc3nccc(C(=O)O)c3C2)c1. The second kappa shape index (κ2) is 46.2. The molecule has 0 saturated heterocycles. The number of aromatic carboxylic acids is 2. The Hall–Kier alpha value is -13.3. The van der Waals surface area contributed by atoms with Crippen LogP contribution in [0, 0.1) is 47.0 Å². The third kappa shape index (κ3) is 26.1. The van der Waals surface area contributed by atoms with E-state index in [-0.39, 0.29) is 17.9 Å². The molecule has 6 aliphatic carbocycles. The first kappa shape index (κ1) is 102. The molecular formula is C112H102Cl6N6O14. The van der Waals surface area contributed by atoms with Gasteiger partial charge in [0.05, 0.1) is 114 Å². The Labute approximate surface area is 832 Å². The topological polar surface area (TPSA) is 283 Å². The van der Waals surface area contributed by atoms with Gasteiger partial charge in [-0.25, -0.2) is 28.8 Å². The lowest BCUT2D eigenvalue weighted by Gasteiger charge is -2.16. The van der Waals surface area contributed by atoms with Gasteiger partial charge in [0.25, 0.3) is 0 Å². The minimum atomic E-state index is -0.918. The number of carboxylic acids is 2. The summed E-state index contributed by atoms with van der Waals surface area (Å²) in [6, 6.07) is 46.6. The smallest absolute Gasteiger partial charge is 0.341 e. The quantitative estimate of drug-likeness (QED) is 0.0384. The fraction of sp³-hybridized carbons (Fsp3) is 0.241. The molecule has 0 saturated carbocycles. The minimum Gasteiger partial charge on any atom is -0.478 e. The van der Waals surface area contributed by atoms with E-state index in [9.17, 15) is 43.8 Å². The molecule has 0 bridgehead atoms. The number of carbonyl (C=O) groups is 7. The highest BCUT2D eigenvalue weighted by atomic mass is 35.5. The molecule has 12 aromatic rings. The van der Waals surface area contributed by atoms with Gasteiger partial charge in [-0.1, -0.05) is 199 Å². The van der Waals surface area contributed by atoms with E-state index in [1.807, 2.05) is 114 Å². The number of ether oxygens (including phenoxy) is 5. The molecule has 0 fully saturated rings. The number of esters is 5. The van der Waals surface area contributed by atoms with Gasteiger partial charge in [-0.3, -0.25) is 34.7 Å². The zero-order valence-corrected chi connectivity index (χ0v) is 83.0. The predicted octanol–water partition coefficient (Wildman–Crippen LogP) is 25.2. The Morgan fingerprint density at radius 1 is 0.319 bits per heavy atom. The van der Waals surface area contributed by atoms with Crippen LogP contribution in [0.3, 0.4) is 0 Å². The van der Waals surface area contributed by atoms with E-state index in [0.29, 0.717) is 92.2 Å². The molecule has 0 unspecified atom stereocenters. The molecule has 26 heteroatoms. The number of hydrogen-bond acceptors (Lipinski definition) is 18. The van der Waals surface area contributed by atoms with Crippen molar-refractivity contribution in [3.05, 3.63) is 414 Å². The molecule has 2 N–H and O–H groups in total. The zero-order chi connectivity index (χ0) is 98.9. The second-order valence-corrected chi connectivity index (χ2v) is 37.8. The van der Waals surface area contributed by atoms with Crippen LogP contribution >= 0.6 is 69.6 Å². The van der Waals surface area contributed by atoms with E-state index in [1.165, 1.54) is 70.5 Å². The molecule has 0 amide bonds. The third-order valence-electron chi connectivity index (χ3n) is 23.7. The number of halogens is 6. The maximum atomic E-state index is 12.5. The number of aryl methyl sites for hydroxylation is 6. The summed E-state index contributed by atoms with van der Waals surface area (Å²) in [6.45, 7) is 19.0. The van der Waals surface area contributed by atoms with Crippen molar-refractivity contribution in [2.24, 2.45) is 5.41 Å². The maximum Gasteiger partial charge on any atom is 0.341 e. The van der Waals surface area contributed by atoms with E-state index in [2.05, 4.69) is 111 Å². The zero-order valence-electron chi connectivity index (χ0n) is 78.4. The highest BCUT2D eigenvalue weighted by Crippen LogP contribution is 2.39. The predicted molar refractivity (Wildman–Crippen MR) is 543 cm³/mol. The van der Waals surface area contributed by atoms with Crippen LogP contribution in [0.5, 0.6) is 0 Å². The first-order chi connectivity index (χ1) is 66.0. The molecule has 0 atom stereocenters. The summed E-state index contributed by atoms with van der Waals surface area (Å²) in [5.74, 6) is -3.65. The molecule has 6 aliphatic rings. The standard InChI is InChI=1S/C23H24ClNO4.C19H18ClNO2.C18H15Cl2NO2.C18H17NO2.C17H13Cl2NO2.C17H15NO2/c1-14-9-15(5-6-19(14)24)10-16-11-18-17(7-8-25-20(18)12-16)21(26)28-13-29-22(27)23(2,3)4;1-3-23-19(22)15-6-7-21-18-11-14(10-16(15)18)9-13-4-5-17(20)12(2)8-13;1-10-5-11(8-15(19)17(10)20)6-12-7-14-13(18(22)23-2)3-4-21-16(14)9-12;1-12-4-3-5-13(8-12)9-14-10-16-15(18(20)21-2)6-7-19-17(16)11-14;1-9-4-10(7-14(18)16(9)19)5-11-6-13-12(17(21)22)2-3-20-15(13)8-11;1-11-3-2-4-12(7-11)8-13-9-15-14(17(19)20)5-6-18-16(15)10-13/h5-9,12H,10-11,13H2,1-4H3;4-8,11H,3,9-10H2,1-2H3;3-5,8-9H,6-7H2,1-2H3;3-8,11H,9-10H2,1-2H3;2-4,7-8H,5-6H2,1H3,(H,21,22);2-7,10H,8-9H2,1H3,(H,19,20). The van der Waals surface area contributed by atoms with Crippen molar-refractivity contribution < 1.29 is 67.5 Å². The monoisotopic (exact) mass is 1960 g/mol. The molecular weight excluding hydrogens is 1870 g/mol. The number of carbonyl (C=O) groups excluding carboxylic acids is 5. The van der Waals surface area contributed by atoms with E-state index in [4.69, 9.17) is 93.3 Å². The molecule has 18 rings (SSSR count). The van der Waals surface area contributed by atoms with E-state index in [0.717, 1.165) is 173 Å². The molecule has 0 aliphatic heterocycles. The fourth-order valence-electron chi connectivity index (χ4n) is 17.1. The number of fused-ring (bicyclic) bond motifs is 6. The third-order valence-corrected chi connectivity index (χ3v) is 26.4. The maximum absolute atomic E-state index is 12.5. The molecule has 6 aromatic carbocycles. The lowest BCUT2D eigenvalue weighted by atomic mass is 9.98. The average molecular weight is 1970 g/mol. The summed E-state index contributed by atoms with van der Waals surface area (Å²) >= 11 is 36.6. The second-order valence-electron chi connectivity index (χ2n) is 35.4. The number of benzene rings is 6. The van der Waals surface area contributed by atoms with Crippen LogP contribution < -0.4 is 0 Å². The molecule has 6 aromatic heterocycles. The molecule has 138 heavy (non-hydrogen) atoms. The van der Waals surface area contributed by atoms with Crippen molar-refractivity contribution in [3.63, 3.8) is 0 Å². The molecule has 20 nitrogen and oxygen atoms in total. The number of rotatable bonds is 21. The van der Waals surface area contributed by atoms with Crippen LogP contribution in [0.25, 0.3) is 36.5 Å². The van der Waals surface area contributed by atoms with Crippen LogP contribution in [0.2, 0.25) is 30.1 Å². The summed E-state index contributed by atoms with van der Waals surface area (Å²) in [5.41, 5.74) is 33.3. The number of aromatic nitrogens is 6. The van der Waals surface area contributed by atoms with Crippen LogP contribution in [-0.4, -0.2) is 110 Å². The van der Waals surface area contributed by atoms with Crippen LogP contribution in [0.15, 0.2) is 216 Å². The van der Waals surface area contributed by atoms with Crippen molar-refractivity contribution >= 4 is 148 Å². The fourth-order valence-corrected chi connectivity index (χ4v) is 18.1.